The van der Waals surface area contributed by atoms with Crippen LogP contribution in [-0.4, -0.2) is 36.4 Å². The van der Waals surface area contributed by atoms with E-state index in [9.17, 15) is 4.79 Å². The van der Waals surface area contributed by atoms with E-state index in [4.69, 9.17) is 5.73 Å². The van der Waals surface area contributed by atoms with E-state index in [-0.39, 0.29) is 11.9 Å². The summed E-state index contributed by atoms with van der Waals surface area (Å²) in [5, 5.41) is 3.46. The average molecular weight is 375 g/mol. The van der Waals surface area contributed by atoms with Gasteiger partial charge in [0, 0.05) is 6.04 Å². The fourth-order valence-electron chi connectivity index (χ4n) is 4.20. The van der Waals surface area contributed by atoms with E-state index in [1.54, 1.807) is 10.9 Å². The number of amides is 1. The lowest BCUT2D eigenvalue weighted by atomic mass is 10.0. The van der Waals surface area contributed by atoms with Crippen molar-refractivity contribution in [2.24, 2.45) is 0 Å². The van der Waals surface area contributed by atoms with Crippen molar-refractivity contribution in [3.8, 4) is 0 Å². The molecule has 2 aliphatic rings. The quantitative estimate of drug-likeness (QED) is 0.714. The molecule has 1 aliphatic carbocycles. The van der Waals surface area contributed by atoms with E-state index in [0.717, 1.165) is 48.3 Å². The molecule has 0 spiro atoms. The highest BCUT2D eigenvalue weighted by Gasteiger charge is 2.36. The third kappa shape index (κ3) is 2.52. The molecule has 0 unspecified atom stereocenters. The minimum absolute atomic E-state index is 0.0450. The van der Waals surface area contributed by atoms with Crippen molar-refractivity contribution in [2.75, 3.05) is 11.1 Å². The first-order valence-corrected chi connectivity index (χ1v) is 9.48. The van der Waals surface area contributed by atoms with Crippen LogP contribution in [-0.2, 0) is 0 Å². The van der Waals surface area contributed by atoms with Gasteiger partial charge in [-0.2, -0.15) is 0 Å². The monoisotopic (exact) mass is 375 g/mol. The van der Waals surface area contributed by atoms with Crippen molar-refractivity contribution in [1.82, 2.24) is 24.4 Å². The molecule has 1 amide bonds. The van der Waals surface area contributed by atoms with Crippen molar-refractivity contribution in [1.29, 1.82) is 0 Å². The molecule has 28 heavy (non-hydrogen) atoms. The number of nitrogen functional groups attached to an aromatic ring is 1. The molecule has 3 N–H and O–H groups in total. The predicted octanol–water partition coefficient (Wildman–Crippen LogP) is 2.98. The van der Waals surface area contributed by atoms with Gasteiger partial charge in [0.1, 0.15) is 18.5 Å². The number of hydrogen-bond donors (Lipinski definition) is 2. The Morgan fingerprint density at radius 3 is 2.86 bits per heavy atom. The van der Waals surface area contributed by atoms with Crippen LogP contribution in [0.2, 0.25) is 0 Å². The lowest BCUT2D eigenvalue weighted by Crippen LogP contribution is -2.44. The Morgan fingerprint density at radius 2 is 2.04 bits per heavy atom. The molecule has 1 aromatic carbocycles. The van der Waals surface area contributed by atoms with Crippen LogP contribution in [0.15, 0.2) is 36.7 Å². The minimum atomic E-state index is 0.0450. The van der Waals surface area contributed by atoms with Crippen LogP contribution < -0.4 is 11.1 Å². The van der Waals surface area contributed by atoms with Gasteiger partial charge >= 0.3 is 0 Å². The third-order valence-electron chi connectivity index (χ3n) is 5.57. The number of nitrogens with one attached hydrogen (secondary N) is 1. The van der Waals surface area contributed by atoms with Gasteiger partial charge < -0.3 is 11.1 Å². The van der Waals surface area contributed by atoms with Crippen LogP contribution in [0.25, 0.3) is 17.4 Å². The second-order valence-corrected chi connectivity index (χ2v) is 7.33. The molecule has 142 valence electrons. The highest BCUT2D eigenvalue weighted by atomic mass is 16.2. The van der Waals surface area contributed by atoms with Crippen LogP contribution >= 0.6 is 0 Å². The van der Waals surface area contributed by atoms with Crippen molar-refractivity contribution >= 4 is 34.8 Å². The maximum absolute atomic E-state index is 13.5. The third-order valence-corrected chi connectivity index (χ3v) is 5.57. The maximum Gasteiger partial charge on any atom is 0.262 e. The fourth-order valence-corrected chi connectivity index (χ4v) is 4.20. The molecule has 8 nitrogen and oxygen atoms in total. The SMILES string of the molecule is Cc1cccc2c1C(=O)N(C1CCCC1)C(=Cn1cnc3c(N)ncnc31)N2. The summed E-state index contributed by atoms with van der Waals surface area (Å²) in [7, 11) is 0. The summed E-state index contributed by atoms with van der Waals surface area (Å²) in [6, 6.07) is 6.06. The van der Waals surface area contributed by atoms with Gasteiger partial charge in [-0.25, -0.2) is 15.0 Å². The predicted molar refractivity (Wildman–Crippen MR) is 107 cm³/mol. The Balaban J connectivity index is 1.66. The number of anilines is 2. The van der Waals surface area contributed by atoms with E-state index < -0.39 is 0 Å². The summed E-state index contributed by atoms with van der Waals surface area (Å²) in [5.41, 5.74) is 9.60. The van der Waals surface area contributed by atoms with E-state index >= 15 is 0 Å². The topological polar surface area (TPSA) is 102 Å². The summed E-state index contributed by atoms with van der Waals surface area (Å²) in [6.45, 7) is 1.98. The van der Waals surface area contributed by atoms with E-state index in [0.29, 0.717) is 17.0 Å². The molecule has 2 aromatic heterocycles. The molecule has 0 saturated heterocycles. The van der Waals surface area contributed by atoms with Gasteiger partial charge in [0.2, 0.25) is 0 Å². The lowest BCUT2D eigenvalue weighted by molar-refractivity contribution is 0.0745. The lowest BCUT2D eigenvalue weighted by Gasteiger charge is -2.36. The molecular formula is C20H21N7O. The van der Waals surface area contributed by atoms with Gasteiger partial charge in [0.15, 0.2) is 17.0 Å². The molecule has 1 saturated carbocycles. The molecular weight excluding hydrogens is 354 g/mol. The van der Waals surface area contributed by atoms with Crippen molar-refractivity contribution in [3.63, 3.8) is 0 Å². The molecule has 0 radical (unpaired) electrons. The number of aromatic nitrogens is 4. The molecule has 3 aromatic rings. The van der Waals surface area contributed by atoms with Crippen LogP contribution in [0, 0.1) is 6.92 Å². The summed E-state index contributed by atoms with van der Waals surface area (Å²) >= 11 is 0. The minimum Gasteiger partial charge on any atom is -0.382 e. The molecule has 1 aliphatic heterocycles. The van der Waals surface area contributed by atoms with Crippen molar-refractivity contribution < 1.29 is 4.79 Å². The number of imidazole rings is 1. The van der Waals surface area contributed by atoms with E-state index in [1.165, 1.54) is 6.33 Å². The first kappa shape index (κ1) is 16.7. The van der Waals surface area contributed by atoms with Crippen LogP contribution in [0.4, 0.5) is 11.5 Å². The normalized spacial score (nSPS) is 18.7. The number of rotatable bonds is 2. The van der Waals surface area contributed by atoms with Crippen molar-refractivity contribution in [2.45, 2.75) is 38.6 Å². The Bertz CT molecular complexity index is 1110. The Hall–Kier alpha value is -3.42. The Kier molecular flexibility index (Phi) is 3.78. The first-order valence-electron chi connectivity index (χ1n) is 9.48. The standard InChI is InChI=1S/C20H21N7O/c1-12-5-4-8-14-16(12)20(28)27(13-6-2-3-7-13)15(25-14)9-26-11-24-17-18(21)22-10-23-19(17)26/h4-5,8-11,13,25H,2-3,6-7H2,1H3,(H2,21,22,23). The van der Waals surface area contributed by atoms with E-state index in [2.05, 4.69) is 20.3 Å². The van der Waals surface area contributed by atoms with Crippen LogP contribution in [0.1, 0.15) is 41.6 Å². The number of aryl methyl sites for hydroxylation is 1. The summed E-state index contributed by atoms with van der Waals surface area (Å²) < 4.78 is 1.78. The number of hydrogen-bond acceptors (Lipinski definition) is 6. The van der Waals surface area contributed by atoms with Crippen LogP contribution in [0.5, 0.6) is 0 Å². The molecule has 8 heteroatoms. The van der Waals surface area contributed by atoms with Gasteiger partial charge in [-0.05, 0) is 31.4 Å². The Labute approximate surface area is 162 Å². The number of benzene rings is 1. The molecule has 0 atom stereocenters. The van der Waals surface area contributed by atoms with Crippen LogP contribution in [0.3, 0.4) is 0 Å². The second kappa shape index (κ2) is 6.33. The number of carbonyl (C=O) groups is 1. The van der Waals surface area contributed by atoms with E-state index in [1.807, 2.05) is 36.2 Å². The number of fused-ring (bicyclic) bond motifs is 2. The van der Waals surface area contributed by atoms with Gasteiger partial charge in [-0.3, -0.25) is 14.3 Å². The summed E-state index contributed by atoms with van der Waals surface area (Å²) in [4.78, 5) is 28.0. The zero-order valence-corrected chi connectivity index (χ0v) is 15.6. The first-order chi connectivity index (χ1) is 13.6. The summed E-state index contributed by atoms with van der Waals surface area (Å²) in [6.07, 6.45) is 9.22. The summed E-state index contributed by atoms with van der Waals surface area (Å²) in [5.74, 6) is 1.11. The molecule has 1 fully saturated rings. The maximum atomic E-state index is 13.5. The number of nitrogens with zero attached hydrogens (tertiary/aromatic N) is 5. The highest BCUT2D eigenvalue weighted by Crippen LogP contribution is 2.35. The van der Waals surface area contributed by atoms with Crippen molar-refractivity contribution in [3.05, 3.63) is 47.8 Å². The molecule has 3 heterocycles. The Morgan fingerprint density at radius 1 is 1.21 bits per heavy atom. The largest absolute Gasteiger partial charge is 0.382 e. The number of carbonyl (C=O) groups excluding carboxylic acids is 1. The van der Waals surface area contributed by atoms with Gasteiger partial charge in [-0.15, -0.1) is 0 Å². The molecule has 5 rings (SSSR count). The average Bonchev–Trinajstić information content (AvgIpc) is 3.33. The van der Waals surface area contributed by atoms with Gasteiger partial charge in [-0.1, -0.05) is 25.0 Å². The van der Waals surface area contributed by atoms with Gasteiger partial charge in [0.25, 0.3) is 5.91 Å². The number of nitrogens with two attached hydrogens (primary N) is 1. The zero-order valence-electron chi connectivity index (χ0n) is 15.6. The zero-order chi connectivity index (χ0) is 19.3. The van der Waals surface area contributed by atoms with Gasteiger partial charge in [0.05, 0.1) is 17.5 Å². The molecule has 0 bridgehead atoms. The fraction of sp³-hybridized carbons (Fsp3) is 0.300. The smallest absolute Gasteiger partial charge is 0.262 e. The highest BCUT2D eigenvalue weighted by molar-refractivity contribution is 6.05. The second-order valence-electron chi connectivity index (χ2n) is 7.33.